The third-order valence-electron chi connectivity index (χ3n) is 2.36. The van der Waals surface area contributed by atoms with E-state index in [1.807, 2.05) is 60.7 Å². The highest BCUT2D eigenvalue weighted by atomic mass is 127. The van der Waals surface area contributed by atoms with Crippen LogP contribution in [0.4, 0.5) is 0 Å². The smallest absolute Gasteiger partial charge is 0.185 e. The van der Waals surface area contributed by atoms with Crippen molar-refractivity contribution in [1.82, 2.24) is 0 Å². The molecule has 0 heterocycles. The van der Waals surface area contributed by atoms with Gasteiger partial charge in [0.15, 0.2) is 5.78 Å². The fraction of sp³-hybridized carbons (Fsp3) is 0. The average molecular weight is 334 g/mol. The summed E-state index contributed by atoms with van der Waals surface area (Å²) in [5, 5.41) is 0. The van der Waals surface area contributed by atoms with E-state index in [-0.39, 0.29) is 5.78 Å². The van der Waals surface area contributed by atoms with Gasteiger partial charge in [0.05, 0.1) is 0 Å². The molecule has 84 valence electrons. The molecular weight excluding hydrogens is 323 g/mol. The van der Waals surface area contributed by atoms with E-state index in [1.54, 1.807) is 6.08 Å². The van der Waals surface area contributed by atoms with E-state index in [2.05, 4.69) is 22.6 Å². The van der Waals surface area contributed by atoms with Gasteiger partial charge in [-0.3, -0.25) is 4.79 Å². The number of carbonyl (C=O) groups is 1. The Labute approximate surface area is 114 Å². The van der Waals surface area contributed by atoms with Gasteiger partial charge in [-0.25, -0.2) is 0 Å². The Hall–Kier alpha value is -1.42. The molecule has 0 bridgehead atoms. The van der Waals surface area contributed by atoms with E-state index in [4.69, 9.17) is 0 Å². The first-order valence-electron chi connectivity index (χ1n) is 5.29. The summed E-state index contributed by atoms with van der Waals surface area (Å²) in [6.45, 7) is 0. The first-order valence-corrected chi connectivity index (χ1v) is 6.36. The van der Waals surface area contributed by atoms with Crippen LogP contribution in [0.1, 0.15) is 15.9 Å². The molecule has 0 atom stereocenters. The highest BCUT2D eigenvalue weighted by Gasteiger charge is 2.00. The number of ketones is 1. The number of hydrogen-bond acceptors (Lipinski definition) is 1. The summed E-state index contributed by atoms with van der Waals surface area (Å²) in [6.07, 6.45) is 3.44. The SMILES string of the molecule is O=C(/C=C/c1ccccc1)c1ccc(I)cc1. The lowest BCUT2D eigenvalue weighted by atomic mass is 10.1. The van der Waals surface area contributed by atoms with Gasteiger partial charge in [-0.2, -0.15) is 0 Å². The average Bonchev–Trinajstić information content (AvgIpc) is 2.38. The van der Waals surface area contributed by atoms with Crippen LogP contribution in [-0.4, -0.2) is 5.78 Å². The van der Waals surface area contributed by atoms with Crippen molar-refractivity contribution in [2.24, 2.45) is 0 Å². The zero-order valence-corrected chi connectivity index (χ0v) is 11.3. The first kappa shape index (κ1) is 12.0. The molecule has 0 N–H and O–H groups in total. The van der Waals surface area contributed by atoms with E-state index in [0.29, 0.717) is 0 Å². The molecule has 0 aliphatic heterocycles. The van der Waals surface area contributed by atoms with Gasteiger partial charge in [-0.15, -0.1) is 0 Å². The molecule has 0 saturated heterocycles. The third-order valence-corrected chi connectivity index (χ3v) is 3.07. The largest absolute Gasteiger partial charge is 0.289 e. The number of rotatable bonds is 3. The van der Waals surface area contributed by atoms with Gasteiger partial charge >= 0.3 is 0 Å². The summed E-state index contributed by atoms with van der Waals surface area (Å²) in [5.41, 5.74) is 1.75. The van der Waals surface area contributed by atoms with Crippen molar-refractivity contribution in [2.75, 3.05) is 0 Å². The molecule has 0 fully saturated rings. The normalized spacial score (nSPS) is 10.6. The number of allylic oxidation sites excluding steroid dienone is 1. The quantitative estimate of drug-likeness (QED) is 0.467. The minimum absolute atomic E-state index is 0.0326. The fourth-order valence-electron chi connectivity index (χ4n) is 1.45. The molecule has 0 amide bonds. The predicted octanol–water partition coefficient (Wildman–Crippen LogP) is 4.19. The number of carbonyl (C=O) groups excluding carboxylic acids is 1. The Morgan fingerprint density at radius 2 is 1.59 bits per heavy atom. The second-order valence-electron chi connectivity index (χ2n) is 3.62. The third kappa shape index (κ3) is 3.53. The van der Waals surface area contributed by atoms with Gasteiger partial charge < -0.3 is 0 Å². The van der Waals surface area contributed by atoms with Gasteiger partial charge in [-0.1, -0.05) is 48.5 Å². The molecule has 0 unspecified atom stereocenters. The molecule has 0 aliphatic carbocycles. The number of hydrogen-bond donors (Lipinski definition) is 0. The van der Waals surface area contributed by atoms with Crippen molar-refractivity contribution in [3.05, 3.63) is 75.4 Å². The van der Waals surface area contributed by atoms with Gasteiger partial charge in [0, 0.05) is 9.13 Å². The van der Waals surface area contributed by atoms with Gasteiger partial charge in [0.25, 0.3) is 0 Å². The van der Waals surface area contributed by atoms with Crippen LogP contribution in [-0.2, 0) is 0 Å². The van der Waals surface area contributed by atoms with Crippen LogP contribution < -0.4 is 0 Å². The second kappa shape index (κ2) is 5.77. The Bertz CT molecular complexity index is 527. The summed E-state index contributed by atoms with van der Waals surface area (Å²) < 4.78 is 1.13. The molecule has 2 heteroatoms. The molecule has 2 rings (SSSR count). The number of halogens is 1. The zero-order chi connectivity index (χ0) is 12.1. The van der Waals surface area contributed by atoms with Crippen LogP contribution in [0.5, 0.6) is 0 Å². The van der Waals surface area contributed by atoms with Crippen molar-refractivity contribution in [3.8, 4) is 0 Å². The predicted molar refractivity (Wildman–Crippen MR) is 79.0 cm³/mol. The molecule has 2 aromatic carbocycles. The van der Waals surface area contributed by atoms with Crippen LogP contribution in [0.15, 0.2) is 60.7 Å². The monoisotopic (exact) mass is 334 g/mol. The summed E-state index contributed by atoms with van der Waals surface area (Å²) in [5.74, 6) is 0.0326. The molecule has 0 aromatic heterocycles. The maximum atomic E-state index is 11.8. The zero-order valence-electron chi connectivity index (χ0n) is 9.14. The van der Waals surface area contributed by atoms with Crippen LogP contribution in [0, 0.1) is 3.57 Å². The Morgan fingerprint density at radius 1 is 0.941 bits per heavy atom. The van der Waals surface area contributed by atoms with E-state index in [0.717, 1.165) is 14.7 Å². The lowest BCUT2D eigenvalue weighted by Gasteiger charge is -1.96. The Balaban J connectivity index is 2.12. The molecule has 0 aliphatic rings. The van der Waals surface area contributed by atoms with Crippen LogP contribution in [0.2, 0.25) is 0 Å². The lowest BCUT2D eigenvalue weighted by molar-refractivity contribution is 0.104. The van der Waals surface area contributed by atoms with Crippen molar-refractivity contribution in [3.63, 3.8) is 0 Å². The van der Waals surface area contributed by atoms with Crippen LogP contribution in [0.3, 0.4) is 0 Å². The highest BCUT2D eigenvalue weighted by molar-refractivity contribution is 14.1. The highest BCUT2D eigenvalue weighted by Crippen LogP contribution is 2.09. The van der Waals surface area contributed by atoms with Crippen molar-refractivity contribution < 1.29 is 4.79 Å². The molecular formula is C15H11IO. The Kier molecular flexibility index (Phi) is 4.09. The maximum absolute atomic E-state index is 11.8. The fourth-order valence-corrected chi connectivity index (χ4v) is 1.81. The Morgan fingerprint density at radius 3 is 2.24 bits per heavy atom. The molecule has 2 aromatic rings. The van der Waals surface area contributed by atoms with E-state index < -0.39 is 0 Å². The van der Waals surface area contributed by atoms with E-state index in [9.17, 15) is 4.79 Å². The van der Waals surface area contributed by atoms with Crippen LogP contribution >= 0.6 is 22.6 Å². The topological polar surface area (TPSA) is 17.1 Å². The van der Waals surface area contributed by atoms with E-state index >= 15 is 0 Å². The second-order valence-corrected chi connectivity index (χ2v) is 4.86. The minimum atomic E-state index is 0.0326. The minimum Gasteiger partial charge on any atom is -0.289 e. The van der Waals surface area contributed by atoms with Gasteiger partial charge in [0.1, 0.15) is 0 Å². The van der Waals surface area contributed by atoms with Crippen molar-refractivity contribution >= 4 is 34.5 Å². The van der Waals surface area contributed by atoms with E-state index in [1.165, 1.54) is 0 Å². The number of benzene rings is 2. The van der Waals surface area contributed by atoms with Crippen LogP contribution in [0.25, 0.3) is 6.08 Å². The summed E-state index contributed by atoms with van der Waals surface area (Å²) in [7, 11) is 0. The molecule has 0 radical (unpaired) electrons. The molecule has 0 saturated carbocycles. The van der Waals surface area contributed by atoms with Crippen molar-refractivity contribution in [2.45, 2.75) is 0 Å². The first-order chi connectivity index (χ1) is 8.25. The summed E-state index contributed by atoms with van der Waals surface area (Å²) in [6, 6.07) is 17.4. The molecule has 17 heavy (non-hydrogen) atoms. The molecule has 1 nitrogen and oxygen atoms in total. The van der Waals surface area contributed by atoms with Crippen molar-refractivity contribution in [1.29, 1.82) is 0 Å². The molecule has 0 spiro atoms. The lowest BCUT2D eigenvalue weighted by Crippen LogP contribution is -1.93. The summed E-state index contributed by atoms with van der Waals surface area (Å²) >= 11 is 2.22. The van der Waals surface area contributed by atoms with Gasteiger partial charge in [-0.05, 0) is 46.4 Å². The maximum Gasteiger partial charge on any atom is 0.185 e. The van der Waals surface area contributed by atoms with Gasteiger partial charge in [0.2, 0.25) is 0 Å². The standard InChI is InChI=1S/C15H11IO/c16-14-9-7-13(8-10-14)15(17)11-6-12-4-2-1-3-5-12/h1-11H/b11-6+. The summed E-state index contributed by atoms with van der Waals surface area (Å²) in [4.78, 5) is 11.8.